The molecule has 0 aromatic carbocycles. The third-order valence-corrected chi connectivity index (χ3v) is 0.609. The summed E-state index contributed by atoms with van der Waals surface area (Å²) in [6.07, 6.45) is 4.85. The van der Waals surface area contributed by atoms with E-state index in [2.05, 4.69) is 6.58 Å². The Kier molecular flexibility index (Phi) is 2.85. The van der Waals surface area contributed by atoms with Gasteiger partial charge in [0.2, 0.25) is 0 Å². The van der Waals surface area contributed by atoms with Gasteiger partial charge in [0.25, 0.3) is 0 Å². The first-order valence-electron chi connectivity index (χ1n) is 2.04. The number of rotatable bonds is 2. The summed E-state index contributed by atoms with van der Waals surface area (Å²) >= 11 is 0. The number of hydrogen-bond acceptors (Lipinski definition) is 2. The van der Waals surface area contributed by atoms with Crippen LogP contribution < -0.4 is 5.73 Å². The predicted molar refractivity (Wildman–Crippen MR) is 31.3 cm³/mol. The van der Waals surface area contributed by atoms with Gasteiger partial charge in [0, 0.05) is 19.4 Å². The van der Waals surface area contributed by atoms with Crippen LogP contribution in [0.4, 0.5) is 0 Å². The SMILES string of the molecule is C=CN(C)/C=C\N. The van der Waals surface area contributed by atoms with Gasteiger partial charge in [0.05, 0.1) is 0 Å². The second-order valence-electron chi connectivity index (χ2n) is 1.19. The highest BCUT2D eigenvalue weighted by Crippen LogP contribution is 1.77. The number of hydrogen-bond donors (Lipinski definition) is 1. The molecule has 0 amide bonds. The Hall–Kier alpha value is -0.920. The summed E-state index contributed by atoms with van der Waals surface area (Å²) in [5.74, 6) is 0. The minimum atomic E-state index is 1.46. The first-order valence-corrected chi connectivity index (χ1v) is 2.04. The Bertz CT molecular complexity index is 76.1. The molecular formula is C5H10N2. The van der Waals surface area contributed by atoms with Crippen molar-refractivity contribution in [3.8, 4) is 0 Å². The minimum absolute atomic E-state index is 1.46. The fraction of sp³-hybridized carbons (Fsp3) is 0.200. The van der Waals surface area contributed by atoms with Crippen molar-refractivity contribution >= 4 is 0 Å². The summed E-state index contributed by atoms with van der Waals surface area (Å²) < 4.78 is 0. The molecule has 0 aromatic rings. The molecular weight excluding hydrogens is 88.1 g/mol. The predicted octanol–water partition coefficient (Wildman–Crippen LogP) is 0.492. The standard InChI is InChI=1S/C5H10N2/c1-3-7(2)5-4-6/h3-5H,1,6H2,2H3/b5-4-. The molecule has 0 aliphatic heterocycles. The van der Waals surface area contributed by atoms with E-state index in [1.807, 2.05) is 7.05 Å². The van der Waals surface area contributed by atoms with Gasteiger partial charge in [-0.15, -0.1) is 0 Å². The third-order valence-electron chi connectivity index (χ3n) is 0.609. The molecule has 2 nitrogen and oxygen atoms in total. The van der Waals surface area contributed by atoms with Gasteiger partial charge in [-0.3, -0.25) is 0 Å². The van der Waals surface area contributed by atoms with Crippen LogP contribution >= 0.6 is 0 Å². The van der Waals surface area contributed by atoms with Gasteiger partial charge < -0.3 is 10.6 Å². The van der Waals surface area contributed by atoms with Gasteiger partial charge >= 0.3 is 0 Å². The molecule has 40 valence electrons. The molecule has 0 spiro atoms. The van der Waals surface area contributed by atoms with Crippen LogP contribution in [0.3, 0.4) is 0 Å². The molecule has 2 heteroatoms. The second-order valence-corrected chi connectivity index (χ2v) is 1.19. The summed E-state index contributed by atoms with van der Waals surface area (Å²) in [4.78, 5) is 1.76. The van der Waals surface area contributed by atoms with E-state index in [-0.39, 0.29) is 0 Å². The molecule has 0 bridgehead atoms. The van der Waals surface area contributed by atoms with Gasteiger partial charge in [-0.1, -0.05) is 6.58 Å². The Labute approximate surface area is 43.9 Å². The smallest absolute Gasteiger partial charge is 0.0186 e. The van der Waals surface area contributed by atoms with Crippen molar-refractivity contribution in [1.29, 1.82) is 0 Å². The van der Waals surface area contributed by atoms with E-state index in [0.29, 0.717) is 0 Å². The lowest BCUT2D eigenvalue weighted by Crippen LogP contribution is -1.99. The van der Waals surface area contributed by atoms with E-state index in [0.717, 1.165) is 0 Å². The van der Waals surface area contributed by atoms with E-state index in [9.17, 15) is 0 Å². The average molecular weight is 98.1 g/mol. The molecule has 0 rings (SSSR count). The van der Waals surface area contributed by atoms with Crippen LogP contribution in [0.25, 0.3) is 0 Å². The fourth-order valence-electron chi connectivity index (χ4n) is 0.197. The summed E-state index contributed by atoms with van der Waals surface area (Å²) in [5.41, 5.74) is 5.04. The quantitative estimate of drug-likeness (QED) is 0.544. The van der Waals surface area contributed by atoms with Gasteiger partial charge in [-0.05, 0) is 6.20 Å². The summed E-state index contributed by atoms with van der Waals surface area (Å²) in [6.45, 7) is 3.50. The Morgan fingerprint density at radius 2 is 2.29 bits per heavy atom. The lowest BCUT2D eigenvalue weighted by atomic mass is 10.7. The molecule has 0 aromatic heterocycles. The highest BCUT2D eigenvalue weighted by Gasteiger charge is 1.71. The molecule has 2 N–H and O–H groups in total. The maximum Gasteiger partial charge on any atom is 0.0186 e. The molecule has 0 fully saturated rings. The fourth-order valence-corrected chi connectivity index (χ4v) is 0.197. The van der Waals surface area contributed by atoms with Crippen molar-refractivity contribution in [2.75, 3.05) is 7.05 Å². The Morgan fingerprint density at radius 1 is 1.71 bits per heavy atom. The molecule has 0 saturated carbocycles. The van der Waals surface area contributed by atoms with Crippen LogP contribution in [-0.4, -0.2) is 11.9 Å². The number of nitrogens with zero attached hydrogens (tertiary/aromatic N) is 1. The molecule has 0 saturated heterocycles. The van der Waals surface area contributed by atoms with Crippen molar-refractivity contribution in [3.05, 3.63) is 25.2 Å². The van der Waals surface area contributed by atoms with Crippen molar-refractivity contribution < 1.29 is 0 Å². The van der Waals surface area contributed by atoms with Crippen molar-refractivity contribution in [3.63, 3.8) is 0 Å². The molecule has 0 aliphatic rings. The molecule has 7 heavy (non-hydrogen) atoms. The van der Waals surface area contributed by atoms with E-state index >= 15 is 0 Å². The van der Waals surface area contributed by atoms with Gasteiger partial charge in [-0.25, -0.2) is 0 Å². The largest absolute Gasteiger partial charge is 0.403 e. The average Bonchev–Trinajstić information content (AvgIpc) is 1.68. The zero-order valence-electron chi connectivity index (χ0n) is 4.46. The lowest BCUT2D eigenvalue weighted by molar-refractivity contribution is 0.626. The molecule has 0 aliphatic carbocycles. The maximum absolute atomic E-state index is 5.04. The van der Waals surface area contributed by atoms with Crippen LogP contribution in [0.15, 0.2) is 25.2 Å². The summed E-state index contributed by atoms with van der Waals surface area (Å²) in [7, 11) is 1.86. The van der Waals surface area contributed by atoms with E-state index < -0.39 is 0 Å². The number of nitrogens with two attached hydrogens (primary N) is 1. The highest BCUT2D eigenvalue weighted by atomic mass is 15.0. The van der Waals surface area contributed by atoms with Crippen LogP contribution in [0.1, 0.15) is 0 Å². The topological polar surface area (TPSA) is 29.3 Å². The van der Waals surface area contributed by atoms with Crippen LogP contribution in [0.2, 0.25) is 0 Å². The van der Waals surface area contributed by atoms with Crippen LogP contribution in [0.5, 0.6) is 0 Å². The van der Waals surface area contributed by atoms with E-state index in [1.54, 1.807) is 17.3 Å². The Morgan fingerprint density at radius 3 is 2.43 bits per heavy atom. The summed E-state index contributed by atoms with van der Waals surface area (Å²) in [5, 5.41) is 0. The third kappa shape index (κ3) is 2.89. The first kappa shape index (κ1) is 6.08. The Balaban J connectivity index is 3.35. The molecule has 0 unspecified atom stereocenters. The minimum Gasteiger partial charge on any atom is -0.403 e. The van der Waals surface area contributed by atoms with Crippen molar-refractivity contribution in [1.82, 2.24) is 4.90 Å². The molecule has 0 atom stereocenters. The van der Waals surface area contributed by atoms with Crippen molar-refractivity contribution in [2.45, 2.75) is 0 Å². The summed E-state index contributed by atoms with van der Waals surface area (Å²) in [6, 6.07) is 0. The van der Waals surface area contributed by atoms with Crippen molar-refractivity contribution in [2.24, 2.45) is 5.73 Å². The highest BCUT2D eigenvalue weighted by molar-refractivity contribution is 4.81. The zero-order valence-corrected chi connectivity index (χ0v) is 4.46. The first-order chi connectivity index (χ1) is 3.31. The second kappa shape index (κ2) is 3.28. The van der Waals surface area contributed by atoms with E-state index in [4.69, 9.17) is 5.73 Å². The van der Waals surface area contributed by atoms with Crippen LogP contribution in [-0.2, 0) is 0 Å². The van der Waals surface area contributed by atoms with Gasteiger partial charge in [-0.2, -0.15) is 0 Å². The zero-order chi connectivity index (χ0) is 5.70. The van der Waals surface area contributed by atoms with Gasteiger partial charge in [0.1, 0.15) is 0 Å². The molecule has 0 heterocycles. The van der Waals surface area contributed by atoms with E-state index in [1.165, 1.54) is 6.20 Å². The monoisotopic (exact) mass is 98.1 g/mol. The lowest BCUT2D eigenvalue weighted by Gasteiger charge is -2.01. The van der Waals surface area contributed by atoms with Gasteiger partial charge in [0.15, 0.2) is 0 Å². The van der Waals surface area contributed by atoms with Crippen LogP contribution in [0, 0.1) is 0 Å². The normalized spacial score (nSPS) is 9.29. The maximum atomic E-state index is 5.04. The molecule has 0 radical (unpaired) electrons.